The zero-order valence-corrected chi connectivity index (χ0v) is 21.3. The highest BCUT2D eigenvalue weighted by molar-refractivity contribution is 6.31. The molecule has 8 heteroatoms. The van der Waals surface area contributed by atoms with Crippen LogP contribution < -0.4 is 15.0 Å². The Morgan fingerprint density at radius 3 is 2.22 bits per heavy atom. The number of rotatable bonds is 7. The molecule has 1 heterocycles. The maximum absolute atomic E-state index is 13.2. The summed E-state index contributed by atoms with van der Waals surface area (Å²) in [5, 5.41) is 3.34. The van der Waals surface area contributed by atoms with Crippen molar-refractivity contribution in [2.75, 3.05) is 23.9 Å². The lowest BCUT2D eigenvalue weighted by molar-refractivity contribution is -0.137. The fourth-order valence-electron chi connectivity index (χ4n) is 3.88. The number of nitrogens with one attached hydrogen (secondary N) is 1. The van der Waals surface area contributed by atoms with Crippen LogP contribution in [0.4, 0.5) is 11.4 Å². The highest BCUT2D eigenvalue weighted by atomic mass is 35.5. The molecule has 3 aromatic carbocycles. The SMILES string of the molecule is COC(=O)C1=C(C)N(c2ccc(Cl)cc2)/C(=C\c2ccc(OCC(=O)Nc3ccc(C)cc3)cc2)C1=O. The Labute approximate surface area is 219 Å². The van der Waals surface area contributed by atoms with Crippen LogP contribution in [0.1, 0.15) is 18.1 Å². The van der Waals surface area contributed by atoms with Gasteiger partial charge in [-0.15, -0.1) is 0 Å². The molecule has 0 spiro atoms. The van der Waals surface area contributed by atoms with Crippen LogP contribution in [0.3, 0.4) is 0 Å². The molecule has 1 amide bonds. The lowest BCUT2D eigenvalue weighted by Crippen LogP contribution is -2.20. The quantitative estimate of drug-likeness (QED) is 0.252. The molecule has 1 aliphatic rings. The number of hydrogen-bond donors (Lipinski definition) is 1. The van der Waals surface area contributed by atoms with Gasteiger partial charge in [-0.2, -0.15) is 0 Å². The van der Waals surface area contributed by atoms with Crippen molar-refractivity contribution in [1.82, 2.24) is 0 Å². The standard InChI is InChI=1S/C29H25ClN2O5/c1-18-4-10-22(11-5-18)31-26(33)17-37-24-14-6-20(7-15-24)16-25-28(34)27(29(35)36-3)19(2)32(25)23-12-8-21(30)9-13-23/h4-16H,17H2,1-3H3,(H,31,33)/b25-16-. The molecule has 4 rings (SSSR count). The molecule has 1 N–H and O–H groups in total. The van der Waals surface area contributed by atoms with Gasteiger partial charge in [-0.3, -0.25) is 9.59 Å². The smallest absolute Gasteiger partial charge is 0.343 e. The molecule has 0 saturated heterocycles. The number of halogens is 1. The number of amides is 1. The van der Waals surface area contributed by atoms with Crippen LogP contribution in [0.5, 0.6) is 5.75 Å². The van der Waals surface area contributed by atoms with E-state index >= 15 is 0 Å². The number of ketones is 1. The molecule has 3 aromatic rings. The molecule has 0 aromatic heterocycles. The summed E-state index contributed by atoms with van der Waals surface area (Å²) >= 11 is 6.03. The summed E-state index contributed by atoms with van der Waals surface area (Å²) in [7, 11) is 1.24. The summed E-state index contributed by atoms with van der Waals surface area (Å²) in [4.78, 5) is 39.5. The number of allylic oxidation sites excluding steroid dienone is 2. The Bertz CT molecular complexity index is 1390. The molecule has 188 valence electrons. The third kappa shape index (κ3) is 5.90. The lowest BCUT2D eigenvalue weighted by Gasteiger charge is -2.21. The maximum Gasteiger partial charge on any atom is 0.343 e. The van der Waals surface area contributed by atoms with Crippen LogP contribution in [-0.4, -0.2) is 31.4 Å². The van der Waals surface area contributed by atoms with E-state index in [-0.39, 0.29) is 18.1 Å². The van der Waals surface area contributed by atoms with Crippen molar-refractivity contribution in [3.8, 4) is 5.75 Å². The number of benzene rings is 3. The van der Waals surface area contributed by atoms with Gasteiger partial charge in [0.05, 0.1) is 12.8 Å². The summed E-state index contributed by atoms with van der Waals surface area (Å²) in [6.45, 7) is 3.52. The molecule has 37 heavy (non-hydrogen) atoms. The molecule has 0 bridgehead atoms. The van der Waals surface area contributed by atoms with Crippen molar-refractivity contribution in [2.24, 2.45) is 0 Å². The molecule has 0 atom stereocenters. The average Bonchev–Trinajstić information content (AvgIpc) is 3.14. The molecule has 0 fully saturated rings. The van der Waals surface area contributed by atoms with Gasteiger partial charge in [0.15, 0.2) is 6.61 Å². The van der Waals surface area contributed by atoms with Gasteiger partial charge in [0.1, 0.15) is 11.3 Å². The molecule has 0 unspecified atom stereocenters. The second kappa shape index (κ2) is 11.1. The summed E-state index contributed by atoms with van der Waals surface area (Å²) in [6, 6.07) is 21.4. The second-order valence-electron chi connectivity index (χ2n) is 8.39. The van der Waals surface area contributed by atoms with Crippen molar-refractivity contribution in [3.05, 3.63) is 106 Å². The predicted molar refractivity (Wildman–Crippen MR) is 143 cm³/mol. The first-order valence-electron chi connectivity index (χ1n) is 11.5. The average molecular weight is 517 g/mol. The second-order valence-corrected chi connectivity index (χ2v) is 8.83. The number of anilines is 2. The van der Waals surface area contributed by atoms with E-state index in [2.05, 4.69) is 5.32 Å². The third-order valence-corrected chi connectivity index (χ3v) is 6.01. The minimum absolute atomic E-state index is 0.0248. The summed E-state index contributed by atoms with van der Waals surface area (Å²) in [5.74, 6) is -0.912. The zero-order chi connectivity index (χ0) is 26.5. The van der Waals surface area contributed by atoms with Crippen molar-refractivity contribution in [2.45, 2.75) is 13.8 Å². The highest BCUT2D eigenvalue weighted by Gasteiger charge is 2.38. The van der Waals surface area contributed by atoms with Gasteiger partial charge >= 0.3 is 5.97 Å². The largest absolute Gasteiger partial charge is 0.484 e. The van der Waals surface area contributed by atoms with Crippen LogP contribution >= 0.6 is 11.6 Å². The number of aryl methyl sites for hydroxylation is 1. The van der Waals surface area contributed by atoms with Crippen LogP contribution in [0.25, 0.3) is 6.08 Å². The number of nitrogens with zero attached hydrogens (tertiary/aromatic N) is 1. The first-order chi connectivity index (χ1) is 17.8. The summed E-state index contributed by atoms with van der Waals surface area (Å²) in [5.41, 5.74) is 3.92. The van der Waals surface area contributed by atoms with Crippen LogP contribution in [0.15, 0.2) is 89.8 Å². The molecule has 0 saturated carbocycles. The number of hydrogen-bond acceptors (Lipinski definition) is 6. The molecule has 1 aliphatic heterocycles. The molecule has 0 radical (unpaired) electrons. The number of carbonyl (C=O) groups excluding carboxylic acids is 3. The van der Waals surface area contributed by atoms with Crippen molar-refractivity contribution >= 4 is 46.7 Å². The molecule has 0 aliphatic carbocycles. The fourth-order valence-corrected chi connectivity index (χ4v) is 4.01. The van der Waals surface area contributed by atoms with E-state index in [0.717, 1.165) is 5.56 Å². The number of carbonyl (C=O) groups is 3. The number of ether oxygens (including phenoxy) is 2. The monoisotopic (exact) mass is 516 g/mol. The van der Waals surface area contributed by atoms with E-state index in [1.54, 1.807) is 66.4 Å². The molecular weight excluding hydrogens is 492 g/mol. The molecular formula is C29H25ClN2O5. The molecule has 7 nitrogen and oxygen atoms in total. The maximum atomic E-state index is 13.2. The summed E-state index contributed by atoms with van der Waals surface area (Å²) in [6.07, 6.45) is 1.68. The van der Waals surface area contributed by atoms with Crippen molar-refractivity contribution < 1.29 is 23.9 Å². The van der Waals surface area contributed by atoms with E-state index in [0.29, 0.717) is 39.1 Å². The zero-order valence-electron chi connectivity index (χ0n) is 20.6. The summed E-state index contributed by atoms with van der Waals surface area (Å²) < 4.78 is 10.4. The first kappa shape index (κ1) is 25.7. The van der Waals surface area contributed by atoms with Crippen LogP contribution in [0, 0.1) is 6.92 Å². The van der Waals surface area contributed by atoms with Crippen molar-refractivity contribution in [3.63, 3.8) is 0 Å². The number of Topliss-reactive ketones (excluding diaryl/α,β-unsaturated/α-hetero) is 1. The Balaban J connectivity index is 1.51. The first-order valence-corrected chi connectivity index (χ1v) is 11.9. The lowest BCUT2D eigenvalue weighted by atomic mass is 10.1. The van der Waals surface area contributed by atoms with E-state index in [1.165, 1.54) is 7.11 Å². The highest BCUT2D eigenvalue weighted by Crippen LogP contribution is 2.36. The van der Waals surface area contributed by atoms with E-state index in [1.807, 2.05) is 31.2 Å². The van der Waals surface area contributed by atoms with Crippen LogP contribution in [-0.2, 0) is 19.1 Å². The minimum Gasteiger partial charge on any atom is -0.484 e. The minimum atomic E-state index is -0.697. The predicted octanol–water partition coefficient (Wildman–Crippen LogP) is 5.54. The number of methoxy groups -OCH3 is 1. The Kier molecular flexibility index (Phi) is 7.74. The van der Waals surface area contributed by atoms with Crippen LogP contribution in [0.2, 0.25) is 5.02 Å². The van der Waals surface area contributed by atoms with Gasteiger partial charge in [0, 0.05) is 22.1 Å². The van der Waals surface area contributed by atoms with Gasteiger partial charge < -0.3 is 19.7 Å². The Morgan fingerprint density at radius 2 is 1.59 bits per heavy atom. The number of esters is 1. The van der Waals surface area contributed by atoms with Gasteiger partial charge in [0.2, 0.25) is 5.78 Å². The van der Waals surface area contributed by atoms with Gasteiger partial charge in [-0.05, 0) is 74.0 Å². The van der Waals surface area contributed by atoms with Crippen molar-refractivity contribution in [1.29, 1.82) is 0 Å². The third-order valence-electron chi connectivity index (χ3n) is 5.76. The van der Waals surface area contributed by atoms with E-state index in [4.69, 9.17) is 21.1 Å². The Hall–Kier alpha value is -4.36. The fraction of sp³-hybridized carbons (Fsp3) is 0.138. The van der Waals surface area contributed by atoms with Gasteiger partial charge in [-0.25, -0.2) is 4.79 Å². The normalized spacial score (nSPS) is 14.2. The topological polar surface area (TPSA) is 84.9 Å². The van der Waals surface area contributed by atoms with Gasteiger partial charge in [0.25, 0.3) is 5.91 Å². The Morgan fingerprint density at radius 1 is 0.946 bits per heavy atom. The van der Waals surface area contributed by atoms with Gasteiger partial charge in [-0.1, -0.05) is 41.4 Å². The van der Waals surface area contributed by atoms with E-state index < -0.39 is 11.8 Å². The van der Waals surface area contributed by atoms with E-state index in [9.17, 15) is 14.4 Å².